The quantitative estimate of drug-likeness (QED) is 0.507. The molecule has 0 aliphatic heterocycles. The highest BCUT2D eigenvalue weighted by molar-refractivity contribution is 9.39. The Hall–Kier alpha value is 2.21. The number of alkyl halides is 3. The van der Waals surface area contributed by atoms with Crippen LogP contribution in [0.1, 0.15) is 0 Å². The third kappa shape index (κ3) is 10.2. The molecule has 0 spiro atoms. The largest absolute Gasteiger partial charge is 0.380 e. The molecule has 0 atom stereocenters. The van der Waals surface area contributed by atoms with Gasteiger partial charge in [-0.25, -0.2) is 0 Å². The number of halogens is 5. The maximum absolute atomic E-state index is 10.5. The van der Waals surface area contributed by atoms with Crippen LogP contribution in [0.5, 0.6) is 0 Å². The molecule has 0 fully saturated rings. The van der Waals surface area contributed by atoms with Crippen molar-refractivity contribution >= 4 is 76.3 Å². The molecule has 0 aromatic rings. The zero-order valence-corrected chi connectivity index (χ0v) is 11.5. The molecule has 0 aromatic heterocycles. The van der Waals surface area contributed by atoms with E-state index in [2.05, 4.69) is 52.3 Å². The van der Waals surface area contributed by atoms with E-state index in [9.17, 15) is 4.57 Å². The third-order valence-electron chi connectivity index (χ3n) is 0.379. The Labute approximate surface area is 93.4 Å². The predicted molar refractivity (Wildman–Crippen MR) is 54.8 cm³/mol. The number of rotatable bonds is 2. The summed E-state index contributed by atoms with van der Waals surface area (Å²) in [5, 5.41) is 0. The van der Waals surface area contributed by atoms with Crippen molar-refractivity contribution in [3.63, 3.8) is 0 Å². The Morgan fingerprint density at radius 2 is 1.80 bits per heavy atom. The van der Waals surface area contributed by atoms with E-state index in [1.807, 2.05) is 0 Å². The molecular weight excluding hydrogens is 398 g/mol. The monoisotopic (exact) mass is 396 g/mol. The summed E-state index contributed by atoms with van der Waals surface area (Å²) in [6, 6.07) is 0. The average Bonchev–Trinajstić information content (AvgIpc) is 1.57. The summed E-state index contributed by atoms with van der Waals surface area (Å²) < 4.78 is 14.4. The molecule has 0 aromatic carbocycles. The first-order valence-electron chi connectivity index (χ1n) is 1.91. The van der Waals surface area contributed by atoms with Crippen LogP contribution in [-0.2, 0) is 9.09 Å². The summed E-state index contributed by atoms with van der Waals surface area (Å²) in [6.45, 7) is 0.0529. The van der Waals surface area contributed by atoms with E-state index < -0.39 is 8.22 Å². The van der Waals surface area contributed by atoms with Crippen LogP contribution in [0.25, 0.3) is 0 Å². The minimum atomic E-state index is -3.41. The summed E-state index contributed by atoms with van der Waals surface area (Å²) in [5.41, 5.74) is 0. The smallest absolute Gasteiger partial charge is 0.303 e. The van der Waals surface area contributed by atoms with Gasteiger partial charge in [0, 0.05) is 0 Å². The van der Waals surface area contributed by atoms with Crippen LogP contribution in [-0.4, -0.2) is 8.75 Å². The molecule has 0 heterocycles. The van der Waals surface area contributed by atoms with Crippen molar-refractivity contribution in [2.45, 2.75) is 2.14 Å². The molecule has 10 heavy (non-hydrogen) atoms. The first-order chi connectivity index (χ1) is 4.21. The molecule has 0 rings (SSSR count). The van der Waals surface area contributed by atoms with Crippen molar-refractivity contribution < 1.29 is 9.09 Å². The second kappa shape index (κ2) is 4.45. The second-order valence-electron chi connectivity index (χ2n) is 1.30. The van der Waals surface area contributed by atoms with E-state index in [4.69, 9.17) is 22.5 Å². The Kier molecular flexibility index (Phi) is 5.43. The number of hydrogen-bond acceptors (Lipinski definition) is 2. The SMILES string of the molecule is O=P(Cl)(Cl)OCC(Br)(Br)Br. The zero-order valence-electron chi connectivity index (χ0n) is 4.36. The highest BCUT2D eigenvalue weighted by atomic mass is 80.0. The lowest BCUT2D eigenvalue weighted by atomic mass is 10.9. The van der Waals surface area contributed by atoms with Crippen LogP contribution >= 0.6 is 76.3 Å². The van der Waals surface area contributed by atoms with Gasteiger partial charge >= 0.3 is 6.07 Å². The van der Waals surface area contributed by atoms with Gasteiger partial charge in [0.15, 0.2) is 2.14 Å². The van der Waals surface area contributed by atoms with Crippen molar-refractivity contribution in [1.82, 2.24) is 0 Å². The van der Waals surface area contributed by atoms with Crippen molar-refractivity contribution in [2.75, 3.05) is 6.61 Å². The van der Waals surface area contributed by atoms with E-state index >= 15 is 0 Å². The van der Waals surface area contributed by atoms with E-state index in [0.29, 0.717) is 0 Å². The Morgan fingerprint density at radius 1 is 1.40 bits per heavy atom. The molecule has 0 saturated heterocycles. The van der Waals surface area contributed by atoms with Crippen LogP contribution in [0, 0.1) is 0 Å². The number of hydrogen-bond donors (Lipinski definition) is 0. The van der Waals surface area contributed by atoms with Gasteiger partial charge in [0.25, 0.3) is 0 Å². The van der Waals surface area contributed by atoms with Crippen LogP contribution < -0.4 is 0 Å². The standard InChI is InChI=1S/C2H2Br3Cl2O2P/c3-2(4,5)1-9-10(6,7)8/h1H2. The maximum atomic E-state index is 10.5. The molecule has 0 radical (unpaired) electrons. The first-order valence-corrected chi connectivity index (χ1v) is 7.73. The lowest BCUT2D eigenvalue weighted by molar-refractivity contribution is 0.351. The normalized spacial score (nSPS) is 13.7. The van der Waals surface area contributed by atoms with E-state index in [0.717, 1.165) is 0 Å². The molecule has 8 heteroatoms. The third-order valence-corrected chi connectivity index (χ3v) is 2.08. The molecule has 0 aliphatic carbocycles. The lowest BCUT2D eigenvalue weighted by Crippen LogP contribution is -2.07. The molecule has 0 saturated carbocycles. The average molecular weight is 400 g/mol. The first kappa shape index (κ1) is 12.2. The summed E-state index contributed by atoms with van der Waals surface area (Å²) in [4.78, 5) is 0. The minimum Gasteiger partial charge on any atom is -0.303 e. The molecule has 0 bridgehead atoms. The van der Waals surface area contributed by atoms with E-state index in [1.165, 1.54) is 0 Å². The van der Waals surface area contributed by atoms with Gasteiger partial charge < -0.3 is 4.52 Å². The van der Waals surface area contributed by atoms with E-state index in [1.54, 1.807) is 0 Å². The molecule has 2 nitrogen and oxygen atoms in total. The van der Waals surface area contributed by atoms with Crippen molar-refractivity contribution in [3.8, 4) is 0 Å². The summed E-state index contributed by atoms with van der Waals surface area (Å²) >= 11 is 19.5. The Balaban J connectivity index is 3.67. The van der Waals surface area contributed by atoms with Crippen LogP contribution in [0.15, 0.2) is 0 Å². The van der Waals surface area contributed by atoms with Crippen molar-refractivity contribution in [3.05, 3.63) is 0 Å². The summed E-state index contributed by atoms with van der Waals surface area (Å²) in [5.74, 6) is 0. The lowest BCUT2D eigenvalue weighted by Gasteiger charge is -2.11. The fourth-order valence-electron chi connectivity index (χ4n) is 0.148. The predicted octanol–water partition coefficient (Wildman–Crippen LogP) is 4.43. The Bertz CT molecular complexity index is 151. The second-order valence-corrected chi connectivity index (χ2v) is 12.8. The Morgan fingerprint density at radius 3 is 1.90 bits per heavy atom. The van der Waals surface area contributed by atoms with Gasteiger partial charge in [0.2, 0.25) is 0 Å². The van der Waals surface area contributed by atoms with Gasteiger partial charge in [-0.15, -0.1) is 0 Å². The maximum Gasteiger partial charge on any atom is 0.380 e. The van der Waals surface area contributed by atoms with E-state index in [-0.39, 0.29) is 6.61 Å². The van der Waals surface area contributed by atoms with Crippen LogP contribution in [0.2, 0.25) is 0 Å². The minimum absolute atomic E-state index is 0.0529. The van der Waals surface area contributed by atoms with Gasteiger partial charge in [-0.05, 0) is 22.5 Å². The van der Waals surface area contributed by atoms with Gasteiger partial charge in [0.05, 0.1) is 6.61 Å². The highest BCUT2D eigenvalue weighted by Gasteiger charge is 2.24. The molecule has 0 N–H and O–H groups in total. The highest BCUT2D eigenvalue weighted by Crippen LogP contribution is 2.58. The molecule has 62 valence electrons. The molecular formula is C2H2Br3Cl2O2P. The van der Waals surface area contributed by atoms with Gasteiger partial charge in [-0.2, -0.15) is 0 Å². The molecule has 0 amide bonds. The molecule has 0 unspecified atom stereocenters. The molecule has 0 aliphatic rings. The summed E-state index contributed by atoms with van der Waals surface area (Å²) in [7, 11) is 0. The van der Waals surface area contributed by atoms with Gasteiger partial charge in [-0.3, -0.25) is 4.57 Å². The zero-order chi connectivity index (χ0) is 8.41. The van der Waals surface area contributed by atoms with Gasteiger partial charge in [0.1, 0.15) is 0 Å². The van der Waals surface area contributed by atoms with Crippen LogP contribution in [0.3, 0.4) is 0 Å². The van der Waals surface area contributed by atoms with Crippen LogP contribution in [0.4, 0.5) is 0 Å². The fourth-order valence-corrected chi connectivity index (χ4v) is 1.66. The topological polar surface area (TPSA) is 26.3 Å². The van der Waals surface area contributed by atoms with Gasteiger partial charge in [-0.1, -0.05) is 47.8 Å². The summed E-state index contributed by atoms with van der Waals surface area (Å²) in [6.07, 6.45) is -3.41. The van der Waals surface area contributed by atoms with Crippen molar-refractivity contribution in [2.24, 2.45) is 0 Å². The van der Waals surface area contributed by atoms with Crippen molar-refractivity contribution in [1.29, 1.82) is 0 Å². The fraction of sp³-hybridized carbons (Fsp3) is 1.00.